The van der Waals surface area contributed by atoms with Crippen molar-refractivity contribution in [1.29, 1.82) is 0 Å². The number of rotatable bonds is 5. The third-order valence-electron chi connectivity index (χ3n) is 7.09. The van der Waals surface area contributed by atoms with E-state index in [1.807, 2.05) is 36.4 Å². The standard InChI is InChI=1S/C28H27ClF3N3O/c29-23-10-8-19(9-11-23)17-34-12-13-35-25-7-2-1-5-21(25)15-24(26(35)18-34)27(36)33-16-20-4-3-6-22(14-20)28(30,31)32/h1-11,14,24,26H,12-13,15-18H2,(H,33,36). The first kappa shape index (κ1) is 24.7. The first-order chi connectivity index (χ1) is 17.3. The molecule has 2 aliphatic heterocycles. The smallest absolute Gasteiger partial charge is 0.365 e. The number of amides is 1. The second-order valence-corrected chi connectivity index (χ2v) is 9.91. The Balaban J connectivity index is 1.33. The van der Waals surface area contributed by atoms with E-state index in [0.29, 0.717) is 17.0 Å². The fraction of sp³-hybridized carbons (Fsp3) is 0.321. The van der Waals surface area contributed by atoms with Gasteiger partial charge in [-0.1, -0.05) is 54.1 Å². The number of nitrogens with one attached hydrogen (secondary N) is 1. The maximum Gasteiger partial charge on any atom is 0.416 e. The Morgan fingerprint density at radius 3 is 2.53 bits per heavy atom. The number of halogens is 4. The van der Waals surface area contributed by atoms with E-state index < -0.39 is 11.7 Å². The van der Waals surface area contributed by atoms with Gasteiger partial charge in [-0.25, -0.2) is 0 Å². The number of nitrogens with zero attached hydrogens (tertiary/aromatic N) is 2. The van der Waals surface area contributed by atoms with Crippen LogP contribution < -0.4 is 10.2 Å². The van der Waals surface area contributed by atoms with Gasteiger partial charge >= 0.3 is 6.18 Å². The minimum atomic E-state index is -4.41. The van der Waals surface area contributed by atoms with E-state index in [-0.39, 0.29) is 24.4 Å². The SMILES string of the molecule is O=C(NCc1cccc(C(F)(F)F)c1)C1Cc2ccccc2N2CCN(Cc3ccc(Cl)cc3)CC12. The molecule has 8 heteroatoms. The molecule has 2 heterocycles. The first-order valence-electron chi connectivity index (χ1n) is 12.0. The molecule has 3 aromatic rings. The summed E-state index contributed by atoms with van der Waals surface area (Å²) in [5.74, 6) is -0.441. The van der Waals surface area contributed by atoms with Crippen LogP contribution in [0.25, 0.3) is 0 Å². The molecule has 0 radical (unpaired) electrons. The molecule has 2 aliphatic rings. The highest BCUT2D eigenvalue weighted by molar-refractivity contribution is 6.30. The summed E-state index contributed by atoms with van der Waals surface area (Å²) in [6, 6.07) is 21.0. The number of anilines is 1. The molecule has 36 heavy (non-hydrogen) atoms. The lowest BCUT2D eigenvalue weighted by Crippen LogP contribution is -2.60. The zero-order valence-electron chi connectivity index (χ0n) is 19.6. The Morgan fingerprint density at radius 2 is 1.75 bits per heavy atom. The van der Waals surface area contributed by atoms with Crippen molar-refractivity contribution < 1.29 is 18.0 Å². The lowest BCUT2D eigenvalue weighted by Gasteiger charge is -2.49. The largest absolute Gasteiger partial charge is 0.416 e. The molecule has 1 fully saturated rings. The number of carbonyl (C=O) groups excluding carboxylic acids is 1. The lowest BCUT2D eigenvalue weighted by atomic mass is 9.83. The zero-order valence-corrected chi connectivity index (χ0v) is 20.4. The summed E-state index contributed by atoms with van der Waals surface area (Å²) in [6.07, 6.45) is -3.82. The molecule has 0 bridgehead atoms. The zero-order chi connectivity index (χ0) is 25.3. The number of fused-ring (bicyclic) bond motifs is 3. The molecule has 1 saturated heterocycles. The van der Waals surface area contributed by atoms with E-state index in [2.05, 4.69) is 27.2 Å². The number of carbonyl (C=O) groups is 1. The second-order valence-electron chi connectivity index (χ2n) is 9.48. The van der Waals surface area contributed by atoms with Gasteiger partial charge in [0.25, 0.3) is 0 Å². The summed E-state index contributed by atoms with van der Waals surface area (Å²) >= 11 is 6.03. The molecule has 4 nitrogen and oxygen atoms in total. The lowest BCUT2D eigenvalue weighted by molar-refractivity contribution is -0.137. The number of hydrogen-bond acceptors (Lipinski definition) is 3. The summed E-state index contributed by atoms with van der Waals surface area (Å²) in [6.45, 7) is 3.21. The average Bonchev–Trinajstić information content (AvgIpc) is 2.88. The van der Waals surface area contributed by atoms with E-state index >= 15 is 0 Å². The second kappa shape index (κ2) is 10.1. The van der Waals surface area contributed by atoms with E-state index in [1.165, 1.54) is 6.07 Å². The molecule has 2 unspecified atom stereocenters. The van der Waals surface area contributed by atoms with Gasteiger partial charge in [-0.2, -0.15) is 13.2 Å². The average molecular weight is 514 g/mol. The number of alkyl halides is 3. The number of hydrogen-bond donors (Lipinski definition) is 1. The van der Waals surface area contributed by atoms with Crippen LogP contribution in [0.5, 0.6) is 0 Å². The van der Waals surface area contributed by atoms with Gasteiger partial charge < -0.3 is 10.2 Å². The van der Waals surface area contributed by atoms with Crippen LogP contribution in [0.4, 0.5) is 18.9 Å². The summed E-state index contributed by atoms with van der Waals surface area (Å²) < 4.78 is 39.3. The molecule has 1 N–H and O–H groups in total. The fourth-order valence-corrected chi connectivity index (χ4v) is 5.41. The highest BCUT2D eigenvalue weighted by Gasteiger charge is 2.41. The Bertz CT molecular complexity index is 1230. The van der Waals surface area contributed by atoms with E-state index in [0.717, 1.165) is 55.1 Å². The number of piperazine rings is 1. The quantitative estimate of drug-likeness (QED) is 0.487. The fourth-order valence-electron chi connectivity index (χ4n) is 5.29. The van der Waals surface area contributed by atoms with E-state index in [9.17, 15) is 18.0 Å². The Labute approximate surface area is 213 Å². The van der Waals surface area contributed by atoms with Crippen LogP contribution >= 0.6 is 11.6 Å². The van der Waals surface area contributed by atoms with Gasteiger partial charge in [0.05, 0.1) is 17.5 Å². The van der Waals surface area contributed by atoms with Crippen molar-refractivity contribution in [3.8, 4) is 0 Å². The van der Waals surface area contributed by atoms with Crippen LogP contribution in [-0.2, 0) is 30.5 Å². The van der Waals surface area contributed by atoms with Crippen LogP contribution in [0.15, 0.2) is 72.8 Å². The van der Waals surface area contributed by atoms with Crippen LogP contribution in [0.2, 0.25) is 5.02 Å². The first-order valence-corrected chi connectivity index (χ1v) is 12.4. The highest BCUT2D eigenvalue weighted by Crippen LogP contribution is 2.36. The molecule has 2 atom stereocenters. The topological polar surface area (TPSA) is 35.6 Å². The van der Waals surface area contributed by atoms with Gasteiger partial charge in [0.1, 0.15) is 0 Å². The summed E-state index contributed by atoms with van der Waals surface area (Å²) in [5.41, 5.74) is 3.17. The molecule has 188 valence electrons. The minimum Gasteiger partial charge on any atom is -0.365 e. The Morgan fingerprint density at radius 1 is 0.972 bits per heavy atom. The van der Waals surface area contributed by atoms with Crippen molar-refractivity contribution >= 4 is 23.2 Å². The normalized spacial score (nSPS) is 19.9. The van der Waals surface area contributed by atoms with Crippen molar-refractivity contribution in [3.05, 3.63) is 100 Å². The van der Waals surface area contributed by atoms with Gasteiger partial charge in [-0.15, -0.1) is 0 Å². The molecule has 0 aromatic heterocycles. The predicted molar refractivity (Wildman–Crippen MR) is 135 cm³/mol. The van der Waals surface area contributed by atoms with Crippen molar-refractivity contribution in [2.45, 2.75) is 31.7 Å². The van der Waals surface area contributed by atoms with Crippen molar-refractivity contribution in [1.82, 2.24) is 10.2 Å². The number of benzene rings is 3. The molecule has 0 spiro atoms. The van der Waals surface area contributed by atoms with Crippen molar-refractivity contribution in [3.63, 3.8) is 0 Å². The van der Waals surface area contributed by atoms with Gasteiger partial charge in [-0.3, -0.25) is 9.69 Å². The molecule has 5 rings (SSSR count). The Hall–Kier alpha value is -3.03. The predicted octanol–water partition coefficient (Wildman–Crippen LogP) is 5.54. The van der Waals surface area contributed by atoms with Gasteiger partial charge in [0, 0.05) is 43.4 Å². The summed E-state index contributed by atoms with van der Waals surface area (Å²) in [4.78, 5) is 18.1. The maximum absolute atomic E-state index is 13.4. The highest BCUT2D eigenvalue weighted by atomic mass is 35.5. The third kappa shape index (κ3) is 5.37. The van der Waals surface area contributed by atoms with E-state index in [1.54, 1.807) is 6.07 Å². The van der Waals surface area contributed by atoms with Crippen LogP contribution in [-0.4, -0.2) is 36.5 Å². The van der Waals surface area contributed by atoms with Gasteiger partial charge in [-0.05, 0) is 53.4 Å². The molecular weight excluding hydrogens is 487 g/mol. The summed E-state index contributed by atoms with van der Waals surface area (Å²) in [5, 5.41) is 3.61. The van der Waals surface area contributed by atoms with Gasteiger partial charge in [0.15, 0.2) is 0 Å². The minimum absolute atomic E-state index is 0.0255. The van der Waals surface area contributed by atoms with Crippen molar-refractivity contribution in [2.75, 3.05) is 24.5 Å². The summed E-state index contributed by atoms with van der Waals surface area (Å²) in [7, 11) is 0. The van der Waals surface area contributed by atoms with E-state index in [4.69, 9.17) is 11.6 Å². The molecular formula is C28H27ClF3N3O. The number of para-hydroxylation sites is 1. The Kier molecular flexibility index (Phi) is 6.95. The molecule has 0 saturated carbocycles. The maximum atomic E-state index is 13.4. The van der Waals surface area contributed by atoms with Crippen LogP contribution in [0.3, 0.4) is 0 Å². The monoisotopic (exact) mass is 513 g/mol. The van der Waals surface area contributed by atoms with Crippen LogP contribution in [0, 0.1) is 5.92 Å². The molecule has 3 aromatic carbocycles. The third-order valence-corrected chi connectivity index (χ3v) is 7.34. The van der Waals surface area contributed by atoms with Crippen molar-refractivity contribution in [2.24, 2.45) is 5.92 Å². The van der Waals surface area contributed by atoms with Crippen LogP contribution in [0.1, 0.15) is 22.3 Å². The molecule has 0 aliphatic carbocycles. The van der Waals surface area contributed by atoms with Gasteiger partial charge in [0.2, 0.25) is 5.91 Å². The molecule has 1 amide bonds.